The zero-order valence-electron chi connectivity index (χ0n) is 15.8. The molecule has 0 aromatic heterocycles. The number of carbonyl (C=O) groups excluding carboxylic acids is 2. The lowest BCUT2D eigenvalue weighted by atomic mass is 9.93. The van der Waals surface area contributed by atoms with Gasteiger partial charge < -0.3 is 38.4 Å². The van der Waals surface area contributed by atoms with Gasteiger partial charge in [0.05, 0.1) is 7.11 Å². The SMILES string of the molecule is COC(=O)[C@H](Cc1ccc(O)c(O)c1)NC(=O)[C@@H]([NH3+])[C@@H](C)c1ccccc1.[Cl-]. The number of esters is 1. The lowest BCUT2D eigenvalue weighted by molar-refractivity contribution is -0.408. The Morgan fingerprint density at radius 1 is 1.11 bits per heavy atom. The lowest BCUT2D eigenvalue weighted by Crippen LogP contribution is -3.00. The topological polar surface area (TPSA) is 124 Å². The first-order valence-electron chi connectivity index (χ1n) is 8.60. The minimum atomic E-state index is -0.932. The lowest BCUT2D eigenvalue weighted by Gasteiger charge is -2.21. The minimum absolute atomic E-state index is 0. The summed E-state index contributed by atoms with van der Waals surface area (Å²) in [6.07, 6.45) is 0.110. The van der Waals surface area contributed by atoms with Crippen molar-refractivity contribution < 1.29 is 42.7 Å². The van der Waals surface area contributed by atoms with Gasteiger partial charge in [-0.25, -0.2) is 4.79 Å². The molecule has 7 nitrogen and oxygen atoms in total. The van der Waals surface area contributed by atoms with Crippen LogP contribution in [0.4, 0.5) is 0 Å². The number of phenolic OH excluding ortho intramolecular Hbond substituents is 2. The maximum absolute atomic E-state index is 12.6. The number of quaternary nitrogens is 1. The number of rotatable bonds is 7. The van der Waals surface area contributed by atoms with Gasteiger partial charge >= 0.3 is 5.97 Å². The smallest absolute Gasteiger partial charge is 0.328 e. The van der Waals surface area contributed by atoms with Crippen LogP contribution < -0.4 is 23.5 Å². The number of ether oxygens (including phenoxy) is 1. The zero-order chi connectivity index (χ0) is 20.0. The molecule has 2 aromatic carbocycles. The van der Waals surface area contributed by atoms with Crippen LogP contribution in [0.2, 0.25) is 0 Å². The van der Waals surface area contributed by atoms with Gasteiger partial charge in [-0.05, 0) is 23.3 Å². The van der Waals surface area contributed by atoms with Gasteiger partial charge in [0.2, 0.25) is 0 Å². The Hall–Kier alpha value is -2.77. The molecular formula is C20H25ClN2O5. The number of carbonyl (C=O) groups is 2. The number of benzene rings is 2. The molecule has 0 aliphatic heterocycles. The van der Waals surface area contributed by atoms with Crippen LogP contribution in [0.25, 0.3) is 0 Å². The van der Waals surface area contributed by atoms with Gasteiger partial charge in [-0.1, -0.05) is 43.3 Å². The molecule has 0 aliphatic rings. The van der Waals surface area contributed by atoms with Crippen LogP contribution in [0.5, 0.6) is 11.5 Å². The van der Waals surface area contributed by atoms with Crippen LogP contribution in [0, 0.1) is 0 Å². The van der Waals surface area contributed by atoms with Gasteiger partial charge in [0.15, 0.2) is 17.5 Å². The minimum Gasteiger partial charge on any atom is -1.00 e. The van der Waals surface area contributed by atoms with Crippen LogP contribution in [-0.4, -0.2) is 41.3 Å². The Bertz CT molecular complexity index is 800. The number of phenols is 2. The van der Waals surface area contributed by atoms with Crippen molar-refractivity contribution >= 4 is 11.9 Å². The summed E-state index contributed by atoms with van der Waals surface area (Å²) < 4.78 is 4.78. The predicted octanol–water partition coefficient (Wildman–Crippen LogP) is -2.28. The molecule has 0 unspecified atom stereocenters. The van der Waals surface area contributed by atoms with E-state index in [4.69, 9.17) is 4.74 Å². The van der Waals surface area contributed by atoms with Crippen molar-refractivity contribution in [3.05, 3.63) is 59.7 Å². The Labute approximate surface area is 169 Å². The number of methoxy groups -OCH3 is 1. The molecule has 3 atom stereocenters. The summed E-state index contributed by atoms with van der Waals surface area (Å²) in [7, 11) is 1.24. The van der Waals surface area contributed by atoms with E-state index in [9.17, 15) is 19.8 Å². The average molecular weight is 409 g/mol. The maximum atomic E-state index is 12.6. The first-order valence-corrected chi connectivity index (χ1v) is 8.60. The Kier molecular flexibility index (Phi) is 8.76. The van der Waals surface area contributed by atoms with E-state index >= 15 is 0 Å². The third-order valence-electron chi connectivity index (χ3n) is 4.55. The van der Waals surface area contributed by atoms with Gasteiger partial charge in [-0.15, -0.1) is 0 Å². The molecule has 0 radical (unpaired) electrons. The summed E-state index contributed by atoms with van der Waals surface area (Å²) in [5.41, 5.74) is 5.49. The number of halogens is 1. The predicted molar refractivity (Wildman–Crippen MR) is 99.0 cm³/mol. The van der Waals surface area contributed by atoms with Crippen molar-refractivity contribution in [3.8, 4) is 11.5 Å². The maximum Gasteiger partial charge on any atom is 0.328 e. The van der Waals surface area contributed by atoms with Gasteiger partial charge in [-0.3, -0.25) is 4.79 Å². The molecule has 0 bridgehead atoms. The highest BCUT2D eigenvalue weighted by atomic mass is 35.5. The number of nitrogens with one attached hydrogen (secondary N) is 1. The molecule has 28 heavy (non-hydrogen) atoms. The fourth-order valence-electron chi connectivity index (χ4n) is 2.76. The van der Waals surface area contributed by atoms with E-state index in [0.29, 0.717) is 5.56 Å². The van der Waals surface area contributed by atoms with Crippen molar-refractivity contribution in [2.45, 2.75) is 31.3 Å². The van der Waals surface area contributed by atoms with Crippen LogP contribution in [0.3, 0.4) is 0 Å². The molecule has 6 N–H and O–H groups in total. The Morgan fingerprint density at radius 3 is 2.32 bits per heavy atom. The van der Waals surface area contributed by atoms with E-state index < -0.39 is 18.1 Å². The summed E-state index contributed by atoms with van der Waals surface area (Å²) in [5, 5.41) is 21.7. The van der Waals surface area contributed by atoms with Gasteiger partial charge in [0.25, 0.3) is 5.91 Å². The number of amides is 1. The van der Waals surface area contributed by atoms with Crippen molar-refractivity contribution in [2.75, 3.05) is 7.11 Å². The normalized spacial score (nSPS) is 13.5. The summed E-state index contributed by atoms with van der Waals surface area (Å²) in [6.45, 7) is 1.90. The average Bonchev–Trinajstić information content (AvgIpc) is 2.69. The largest absolute Gasteiger partial charge is 1.00 e. The molecule has 152 valence electrons. The second-order valence-electron chi connectivity index (χ2n) is 6.42. The fourth-order valence-corrected chi connectivity index (χ4v) is 2.76. The highest BCUT2D eigenvalue weighted by Crippen LogP contribution is 2.25. The van der Waals surface area contributed by atoms with E-state index in [1.165, 1.54) is 19.2 Å². The first-order chi connectivity index (χ1) is 12.8. The van der Waals surface area contributed by atoms with Crippen molar-refractivity contribution in [3.63, 3.8) is 0 Å². The Balaban J connectivity index is 0.00000392. The van der Waals surface area contributed by atoms with Crippen molar-refractivity contribution in [2.24, 2.45) is 0 Å². The van der Waals surface area contributed by atoms with Crippen molar-refractivity contribution in [1.29, 1.82) is 0 Å². The number of hydrogen-bond acceptors (Lipinski definition) is 5. The second kappa shape index (κ2) is 10.5. The Morgan fingerprint density at radius 2 is 1.75 bits per heavy atom. The van der Waals surface area contributed by atoms with Gasteiger partial charge in [0, 0.05) is 12.3 Å². The van der Waals surface area contributed by atoms with E-state index in [-0.39, 0.29) is 42.2 Å². The van der Waals surface area contributed by atoms with Crippen LogP contribution in [-0.2, 0) is 20.7 Å². The molecule has 0 spiro atoms. The third kappa shape index (κ3) is 5.87. The van der Waals surface area contributed by atoms with E-state index in [1.54, 1.807) is 6.07 Å². The molecule has 0 saturated heterocycles. The summed E-state index contributed by atoms with van der Waals surface area (Å²) >= 11 is 0. The highest BCUT2D eigenvalue weighted by molar-refractivity contribution is 5.87. The molecule has 0 aliphatic carbocycles. The number of hydrogen-bond donors (Lipinski definition) is 4. The second-order valence-corrected chi connectivity index (χ2v) is 6.42. The molecule has 1 amide bonds. The molecule has 0 saturated carbocycles. The fraction of sp³-hybridized carbons (Fsp3) is 0.300. The van der Waals surface area contributed by atoms with Crippen LogP contribution in [0.1, 0.15) is 24.0 Å². The van der Waals surface area contributed by atoms with Gasteiger partial charge in [-0.2, -0.15) is 0 Å². The molecular weight excluding hydrogens is 384 g/mol. The summed E-state index contributed by atoms with van der Waals surface area (Å²) in [6, 6.07) is 12.2. The van der Waals surface area contributed by atoms with Gasteiger partial charge in [0.1, 0.15) is 6.04 Å². The molecule has 2 rings (SSSR count). The van der Waals surface area contributed by atoms with Crippen molar-refractivity contribution in [1.82, 2.24) is 5.32 Å². The standard InChI is InChI=1S/C20H24N2O5.ClH/c1-12(14-6-4-3-5-7-14)18(21)19(25)22-15(20(26)27-2)10-13-8-9-16(23)17(24)11-13;/h3-9,11-12,15,18,23-24H,10,21H2,1-2H3,(H,22,25);1H/t12-,15-,18-;/m0./s1. The molecule has 0 fully saturated rings. The molecule has 2 aromatic rings. The molecule has 8 heteroatoms. The quantitative estimate of drug-likeness (QED) is 0.303. The van der Waals surface area contributed by atoms with E-state index in [2.05, 4.69) is 11.1 Å². The first kappa shape index (κ1) is 23.3. The third-order valence-corrected chi connectivity index (χ3v) is 4.55. The monoisotopic (exact) mass is 408 g/mol. The van der Waals surface area contributed by atoms with Crippen LogP contribution in [0.15, 0.2) is 48.5 Å². The van der Waals surface area contributed by atoms with E-state index in [1.807, 2.05) is 37.3 Å². The zero-order valence-corrected chi connectivity index (χ0v) is 16.5. The number of aromatic hydroxyl groups is 2. The molecule has 0 heterocycles. The summed E-state index contributed by atoms with van der Waals surface area (Å²) in [5.74, 6) is -1.66. The van der Waals surface area contributed by atoms with E-state index in [0.717, 1.165) is 5.56 Å². The van der Waals surface area contributed by atoms with Crippen LogP contribution >= 0.6 is 0 Å². The summed E-state index contributed by atoms with van der Waals surface area (Å²) in [4.78, 5) is 24.7. The highest BCUT2D eigenvalue weighted by Gasteiger charge is 2.30.